The highest BCUT2D eigenvalue weighted by molar-refractivity contribution is 7.59. The highest BCUT2D eigenvalue weighted by Crippen LogP contribution is 2.47. The van der Waals surface area contributed by atoms with Crippen LogP contribution in [0.1, 0.15) is 110 Å². The van der Waals surface area contributed by atoms with Crippen molar-refractivity contribution in [2.75, 3.05) is 169 Å². The van der Waals surface area contributed by atoms with Crippen LogP contribution in [0.15, 0.2) is 122 Å². The van der Waals surface area contributed by atoms with E-state index in [1.165, 1.54) is 33.9 Å². The summed E-state index contributed by atoms with van der Waals surface area (Å²) >= 11 is 6.68. The van der Waals surface area contributed by atoms with Gasteiger partial charge in [-0.1, -0.05) is 87.3 Å². The first-order chi connectivity index (χ1) is 63.6. The van der Waals surface area contributed by atoms with Gasteiger partial charge in [-0.2, -0.15) is 118 Å². The number of carbonyl (C=O) groups is 3. The smallest absolute Gasteiger partial charge is 0.418 e. The minimum atomic E-state index is -4.60. The molecule has 2 N–H and O–H groups in total. The summed E-state index contributed by atoms with van der Waals surface area (Å²) in [4.78, 5) is 89.8. The summed E-state index contributed by atoms with van der Waals surface area (Å²) < 4.78 is 103. The molecule has 6 atom stereocenters. The molecule has 0 spiro atoms. The van der Waals surface area contributed by atoms with Crippen LogP contribution in [0.5, 0.6) is 23.8 Å². The van der Waals surface area contributed by atoms with Crippen molar-refractivity contribution in [2.45, 2.75) is 153 Å². The van der Waals surface area contributed by atoms with E-state index in [9.17, 15) is 61.6 Å². The molecule has 0 radical (unpaired) electrons. The first kappa shape index (κ1) is 106. The highest BCUT2D eigenvalue weighted by Gasteiger charge is 2.43. The molecule has 0 bridgehead atoms. The number of hydrogen-bond acceptors (Lipinski definition) is 26. The summed E-state index contributed by atoms with van der Waals surface area (Å²) in [5, 5.41) is 50.9. The lowest BCUT2D eigenvalue weighted by atomic mass is 9.98. The van der Waals surface area contributed by atoms with Crippen molar-refractivity contribution in [1.29, 1.82) is 15.8 Å². The van der Waals surface area contributed by atoms with E-state index < -0.39 is 65.1 Å². The number of amides is 3. The number of piperazine rings is 3. The molecule has 18 rings (SSSR count). The molecule has 732 valence electrons. The van der Waals surface area contributed by atoms with Gasteiger partial charge in [0.15, 0.2) is 17.5 Å². The maximum Gasteiger partial charge on any atom is 0.418 e. The third-order valence-electron chi connectivity index (χ3n) is 27.0. The quantitative estimate of drug-likeness (QED) is 0.0498. The van der Waals surface area contributed by atoms with Crippen LogP contribution in [0.2, 0.25) is 5.02 Å². The number of aromatic hydroxyl groups is 1. The zero-order valence-corrected chi connectivity index (χ0v) is 81.1. The first-order valence-corrected chi connectivity index (χ1v) is 45.2. The van der Waals surface area contributed by atoms with Crippen LogP contribution in [-0.4, -0.2) is 268 Å². The Morgan fingerprint density at radius 1 is 0.496 bits per heavy atom. The molecule has 5 aromatic carbocycles. The molecule has 13 heterocycles. The number of phenolic OH excluding ortho intramolecular Hbond substituents is 1. The van der Waals surface area contributed by atoms with Gasteiger partial charge < -0.3 is 78.1 Å². The zero-order chi connectivity index (χ0) is 92.9. The molecule has 6 fully saturated rings. The van der Waals surface area contributed by atoms with Gasteiger partial charge in [0.2, 0.25) is 0 Å². The van der Waals surface area contributed by atoms with Gasteiger partial charge in [0.25, 0.3) is 17.7 Å². The molecule has 0 aliphatic carbocycles. The van der Waals surface area contributed by atoms with Gasteiger partial charge in [0, 0.05) is 147 Å². The summed E-state index contributed by atoms with van der Waals surface area (Å²) in [5.41, 5.74) is 6.95. The number of nitrogens with one attached hydrogen (secondary N) is 1. The lowest BCUT2D eigenvalue weighted by molar-refractivity contribution is -0.137. The molecule has 9 aromatic rings. The number of likely N-dealkylation sites (tertiary alicyclic amines) is 3. The van der Waals surface area contributed by atoms with Gasteiger partial charge in [-0.15, -0.1) is 0 Å². The SMILES string of the molecule is C.C=C(F)C(=O)N1CCN(c2nc(OC[C@@H]3CCCN3C)nc3c2CCN(c2c(C(F)(F)F)c(C)cc4[nH]ncc24)C3)C[C@@H]1CC#N.C=C(F)C(=O)N1CCN(c2nc(OC[C@@H]3CCCN3C)nc3c2CCN(c2cc(O)cc4ccccc24)C3)C[C@@H]1CC#N.C=C(F)C(=O)N1CCN(c2nc(OC[C@H]3CCCN3C)nc3c2CCN(c2cccc4cccc(Cl)c24)C3)C[C@@H]1CC#N.S.S.S.S. The number of aromatic amines is 1. The van der Waals surface area contributed by atoms with E-state index in [2.05, 4.69) is 121 Å². The van der Waals surface area contributed by atoms with Crippen LogP contribution in [0.25, 0.3) is 32.4 Å². The second-order valence-corrected chi connectivity index (χ2v) is 35.6. The number of halogens is 7. The standard InChI is InChI=1S/C32H35ClFN7O2.C32H36FN7O3.C31H35F4N9O2.CH4.4H2S/c1-21(34)31(42)41-17-16-40(18-23(41)11-13-35)30-25-12-15-39(28-10-4-7-22-6-3-9-26(33)29(22)28)19-27(25)36-32(37-30)43-20-24-8-5-14-38(24)2;1-21(33)31(42)40-15-14-39(18-23(40)9-11-34)30-27-10-13-38(29-17-25(41)16-22-6-3-4-8-26(22)29)19-28(27)35-32(36-30)43-20-24-7-5-12-37(24)2;1-18-13-24-23(14-37-40-24)27(26(18)31(33,34)35)42-10-7-22-25(16-42)38-30(46-17-21-5-4-9-41(21)3)39-28(22)43-11-12-44(29(45)19(2)32)20(15-43)6-8-36;;;;;/h3-4,6-7,9-10,23-24H,1,5,8,11-12,14-20H2,2H3;3-4,6,8,16-17,23-24,41H,1,5,7,9-10,12-15,18-20H2,2H3;13-14,20-21H,2,4-7,9-12,15-17H2,1,3H3,(H,37,40);1H4;4*1H2/t23-,24+;23-,24-;20-,21-;;;;;/m000...../s1. The number of alkyl halides is 3. The Morgan fingerprint density at radius 2 is 0.891 bits per heavy atom. The fraction of sp³-hybridized carbons (Fsp3) is 0.469. The monoisotopic (exact) mass is 1980 g/mol. The minimum absolute atomic E-state index is 0. The van der Waals surface area contributed by atoms with Gasteiger partial charge in [-0.25, -0.2) is 13.2 Å². The number of hydrogen-bond donors (Lipinski definition) is 2. The Balaban J connectivity index is 0.000000194. The van der Waals surface area contributed by atoms with Crippen molar-refractivity contribution >= 4 is 150 Å². The first-order valence-electron chi connectivity index (χ1n) is 44.8. The summed E-state index contributed by atoms with van der Waals surface area (Å²) in [5.74, 6) is -3.29. The van der Waals surface area contributed by atoms with E-state index >= 15 is 0 Å². The predicted octanol–water partition coefficient (Wildman–Crippen LogP) is 13.7. The highest BCUT2D eigenvalue weighted by atomic mass is 35.5. The number of likely N-dealkylation sites (N-methyl/N-ethyl adjacent to an activating group) is 3. The minimum Gasteiger partial charge on any atom is -0.508 e. The van der Waals surface area contributed by atoms with Crippen molar-refractivity contribution in [3.8, 4) is 42.0 Å². The number of benzene rings is 5. The van der Waals surface area contributed by atoms with Crippen LogP contribution in [0, 0.1) is 40.9 Å². The van der Waals surface area contributed by atoms with E-state index in [-0.39, 0.29) is 149 Å². The molecule has 41 heteroatoms. The van der Waals surface area contributed by atoms with E-state index in [0.29, 0.717) is 143 Å². The van der Waals surface area contributed by atoms with Crippen LogP contribution in [0.4, 0.5) is 60.9 Å². The van der Waals surface area contributed by atoms with E-state index in [0.717, 1.165) is 137 Å². The van der Waals surface area contributed by atoms with Crippen LogP contribution in [0.3, 0.4) is 0 Å². The molecule has 3 amide bonds. The molecule has 137 heavy (non-hydrogen) atoms. The molecule has 9 aliphatic rings. The van der Waals surface area contributed by atoms with E-state index in [1.807, 2.05) is 48.3 Å². The number of aromatic nitrogens is 8. The number of nitriles is 3. The number of H-pyrrole nitrogens is 1. The van der Waals surface area contributed by atoms with Gasteiger partial charge in [-0.3, -0.25) is 19.5 Å². The predicted molar refractivity (Wildman–Crippen MR) is 537 cm³/mol. The topological polar surface area (TPSA) is 315 Å². The number of anilines is 6. The molecule has 4 aromatic heterocycles. The Morgan fingerprint density at radius 3 is 1.29 bits per heavy atom. The van der Waals surface area contributed by atoms with Gasteiger partial charge in [-0.05, 0) is 146 Å². The van der Waals surface area contributed by atoms with Crippen molar-refractivity contribution in [2.24, 2.45) is 0 Å². The largest absolute Gasteiger partial charge is 0.508 e. The molecule has 30 nitrogen and oxygen atoms in total. The maximum absolute atomic E-state index is 14.5. The van der Waals surface area contributed by atoms with Crippen LogP contribution < -0.4 is 43.6 Å². The fourth-order valence-corrected chi connectivity index (χ4v) is 20.3. The summed E-state index contributed by atoms with van der Waals surface area (Å²) in [6, 6.07) is 31.4. The summed E-state index contributed by atoms with van der Waals surface area (Å²) in [6.45, 7) is 20.8. The maximum atomic E-state index is 14.5. The fourth-order valence-electron chi connectivity index (χ4n) is 20.0. The van der Waals surface area contributed by atoms with Crippen LogP contribution in [-0.2, 0) is 59.5 Å². The van der Waals surface area contributed by atoms with Gasteiger partial charge in [0.05, 0.1) is 120 Å². The Kier molecular flexibility index (Phi) is 35.9. The molecule has 0 unspecified atom stereocenters. The molecule has 0 saturated carbocycles. The lowest BCUT2D eigenvalue weighted by Crippen LogP contribution is -2.55. The van der Waals surface area contributed by atoms with E-state index in [4.69, 9.17) is 55.7 Å². The Bertz CT molecular complexity index is 5900. The van der Waals surface area contributed by atoms with Gasteiger partial charge in [0.1, 0.15) is 43.0 Å². The molecular weight excluding hydrogens is 1860 g/mol. The third-order valence-corrected chi connectivity index (χ3v) is 27.3. The molecule has 6 saturated heterocycles. The average molecular weight is 1980 g/mol. The number of nitrogens with zero attached hydrogens (tertiary/aromatic N) is 22. The molecule has 9 aliphatic heterocycles. The third kappa shape index (κ3) is 23.3. The average Bonchev–Trinajstić information content (AvgIpc) is 1.71. The van der Waals surface area contributed by atoms with Crippen LogP contribution >= 0.6 is 65.6 Å². The number of phenols is 1. The summed E-state index contributed by atoms with van der Waals surface area (Å²) in [6.07, 6.45) is 5.02. The normalized spacial score (nSPS) is 19.9. The van der Waals surface area contributed by atoms with Crippen molar-refractivity contribution in [3.63, 3.8) is 0 Å². The second kappa shape index (κ2) is 46.4. The summed E-state index contributed by atoms with van der Waals surface area (Å²) in [7, 11) is 6.23. The lowest BCUT2D eigenvalue weighted by Gasteiger charge is -2.42. The number of aryl methyl sites for hydroxylation is 1. The number of ether oxygens (including phenoxy) is 3. The van der Waals surface area contributed by atoms with Crippen molar-refractivity contribution in [3.05, 3.63) is 172 Å². The Hall–Kier alpha value is -11.4. The van der Waals surface area contributed by atoms with E-state index in [1.54, 1.807) is 17.0 Å². The van der Waals surface area contributed by atoms with Gasteiger partial charge >= 0.3 is 24.2 Å². The number of rotatable bonds is 21. The number of fused-ring (bicyclic) bond motifs is 6. The zero-order valence-electron chi connectivity index (χ0n) is 76.4. The van der Waals surface area contributed by atoms with Crippen molar-refractivity contribution < 1.29 is 60.0 Å². The van der Waals surface area contributed by atoms with Crippen molar-refractivity contribution in [1.82, 2.24) is 69.5 Å². The molecular formula is C96H118ClF6N23O7S4. The Labute approximate surface area is 826 Å². The second-order valence-electron chi connectivity index (χ2n) is 35.2. The number of carbonyl (C=O) groups excluding carboxylic acids is 3.